The van der Waals surface area contributed by atoms with Gasteiger partial charge in [0.15, 0.2) is 5.75 Å². The van der Waals surface area contributed by atoms with Crippen LogP contribution in [0.5, 0.6) is 5.75 Å². The molecule has 0 fully saturated rings. The van der Waals surface area contributed by atoms with Crippen molar-refractivity contribution < 1.29 is 72.8 Å². The summed E-state index contributed by atoms with van der Waals surface area (Å²) in [5.74, 6) is -1.06. The van der Waals surface area contributed by atoms with E-state index in [9.17, 15) is 9.90 Å². The van der Waals surface area contributed by atoms with Gasteiger partial charge in [-0.3, -0.25) is 0 Å². The van der Waals surface area contributed by atoms with Crippen molar-refractivity contribution in [3.05, 3.63) is 23.8 Å². The van der Waals surface area contributed by atoms with Gasteiger partial charge in [0.1, 0.15) is 11.8 Å². The molecule has 0 radical (unpaired) electrons. The first kappa shape index (κ1) is 13.8. The molecule has 0 saturated carbocycles. The maximum atomic E-state index is 10.8. The molecule has 0 aliphatic carbocycles. The van der Waals surface area contributed by atoms with Crippen molar-refractivity contribution in [3.63, 3.8) is 0 Å². The van der Waals surface area contributed by atoms with Crippen LogP contribution in [0.2, 0.25) is 0 Å². The van der Waals surface area contributed by atoms with Crippen molar-refractivity contribution in [2.45, 2.75) is 6.92 Å². The molecule has 0 amide bonds. The monoisotopic (exact) mass is 291 g/mol. The van der Waals surface area contributed by atoms with Gasteiger partial charge in [-0.2, -0.15) is 5.10 Å². The second kappa shape index (κ2) is 5.35. The summed E-state index contributed by atoms with van der Waals surface area (Å²) in [5, 5.41) is 14.7. The molecule has 2 rings (SSSR count). The van der Waals surface area contributed by atoms with Crippen LogP contribution in [0.4, 0.5) is 0 Å². The first-order chi connectivity index (χ1) is 7.15. The molecule has 7 heteroatoms. The molecule has 0 unspecified atom stereocenters. The minimum atomic E-state index is -1.29. The van der Waals surface area contributed by atoms with Crippen LogP contribution in [-0.4, -0.2) is 27.7 Å². The number of aromatic nitrogens is 3. The Bertz CT molecular complexity index is 538. The van der Waals surface area contributed by atoms with Crippen LogP contribution in [-0.2, 0) is 0 Å². The van der Waals surface area contributed by atoms with Crippen molar-refractivity contribution >= 4 is 11.5 Å². The fraction of sp³-hybridized carbons (Fsp3) is 0.222. The van der Waals surface area contributed by atoms with Crippen molar-refractivity contribution in [3.8, 4) is 5.75 Å². The van der Waals surface area contributed by atoms with E-state index in [2.05, 4.69) is 10.1 Å². The van der Waals surface area contributed by atoms with Gasteiger partial charge in [-0.1, -0.05) is 0 Å². The molecule has 0 aliphatic rings. The first-order valence-corrected chi connectivity index (χ1v) is 4.23. The number of carbonyl (C=O) groups is 1. The Labute approximate surface area is 140 Å². The van der Waals surface area contributed by atoms with E-state index in [1.807, 2.05) is 0 Å². The summed E-state index contributed by atoms with van der Waals surface area (Å²) in [6.45, 7) is 1.75. The zero-order valence-corrected chi connectivity index (χ0v) is 14.1. The predicted octanol–water partition coefficient (Wildman–Crippen LogP) is -3.59. The summed E-state index contributed by atoms with van der Waals surface area (Å²) in [5.41, 5.74) is 1.16. The normalized spacial score (nSPS) is 9.88. The Morgan fingerprint density at radius 1 is 1.56 bits per heavy atom. The van der Waals surface area contributed by atoms with E-state index in [-0.39, 0.29) is 69.5 Å². The van der Waals surface area contributed by atoms with Gasteiger partial charge in [0.2, 0.25) is 0 Å². The number of carbonyl (C=O) groups excluding carboxylic acids is 1. The van der Waals surface area contributed by atoms with E-state index in [0.717, 1.165) is 0 Å². The van der Waals surface area contributed by atoms with Crippen LogP contribution in [0.3, 0.4) is 0 Å². The van der Waals surface area contributed by atoms with Crippen LogP contribution < -0.4 is 68.0 Å². The zero-order chi connectivity index (χ0) is 11.0. The number of nitrogens with zero attached hydrogens (tertiary/aromatic N) is 3. The van der Waals surface area contributed by atoms with Crippen LogP contribution in [0.15, 0.2) is 12.5 Å². The first-order valence-electron chi connectivity index (χ1n) is 4.23. The molecule has 2 aromatic rings. The van der Waals surface area contributed by atoms with Crippen LogP contribution in [0, 0.1) is 6.92 Å². The SMILES string of the molecule is COc1c(C(=O)[O-])cn2ncnc(C)c12.[Rb+]. The van der Waals surface area contributed by atoms with Crippen molar-refractivity contribution in [2.75, 3.05) is 7.11 Å². The number of aryl methyl sites for hydroxylation is 1. The number of carboxylic acids is 1. The molecule has 0 saturated heterocycles. The Kier molecular flexibility index (Phi) is 4.60. The third-order valence-electron chi connectivity index (χ3n) is 2.13. The maximum Gasteiger partial charge on any atom is 1.00 e. The molecule has 16 heavy (non-hydrogen) atoms. The third-order valence-corrected chi connectivity index (χ3v) is 2.13. The number of aromatic carboxylic acids is 1. The minimum absolute atomic E-state index is 0. The molecule has 0 bridgehead atoms. The van der Waals surface area contributed by atoms with Gasteiger partial charge in [0.05, 0.1) is 24.3 Å². The van der Waals surface area contributed by atoms with Gasteiger partial charge < -0.3 is 14.6 Å². The Hall–Kier alpha value is -0.305. The molecule has 2 aromatic heterocycles. The summed E-state index contributed by atoms with van der Waals surface area (Å²) in [6.07, 6.45) is 2.69. The molecule has 0 N–H and O–H groups in total. The van der Waals surface area contributed by atoms with Gasteiger partial charge in [-0.25, -0.2) is 9.50 Å². The molecular formula is C9H8N3O3Rb. The summed E-state index contributed by atoms with van der Waals surface area (Å²) in [6, 6.07) is 0. The van der Waals surface area contributed by atoms with Gasteiger partial charge in [0.25, 0.3) is 0 Å². The smallest absolute Gasteiger partial charge is 0.545 e. The van der Waals surface area contributed by atoms with E-state index in [0.29, 0.717) is 11.2 Å². The number of carboxylic acid groups (broad SMARTS) is 1. The molecule has 6 nitrogen and oxygen atoms in total. The average Bonchev–Trinajstić information content (AvgIpc) is 2.57. The Morgan fingerprint density at radius 3 is 2.81 bits per heavy atom. The van der Waals surface area contributed by atoms with Gasteiger partial charge in [0, 0.05) is 6.20 Å². The summed E-state index contributed by atoms with van der Waals surface area (Å²) in [4.78, 5) is 14.8. The number of fused-ring (bicyclic) bond motifs is 1. The Morgan fingerprint density at radius 2 is 2.25 bits per heavy atom. The second-order valence-corrected chi connectivity index (χ2v) is 3.00. The van der Waals surface area contributed by atoms with Crippen molar-refractivity contribution in [1.29, 1.82) is 0 Å². The average molecular weight is 292 g/mol. The molecule has 78 valence electrons. The standard InChI is InChI=1S/C9H9N3O3.Rb/c1-5-7-8(15-2)6(9(13)14)3-12(7)11-4-10-5;/h3-4H,1-2H3,(H,13,14);/q;+1/p-1. The van der Waals surface area contributed by atoms with Gasteiger partial charge in [-0.05, 0) is 6.92 Å². The Balaban J connectivity index is 0.00000128. The molecule has 0 atom stereocenters. The summed E-state index contributed by atoms with van der Waals surface area (Å²) in [7, 11) is 1.40. The van der Waals surface area contributed by atoms with E-state index < -0.39 is 5.97 Å². The molecule has 0 spiro atoms. The number of hydrogen-bond acceptors (Lipinski definition) is 5. The number of rotatable bonds is 2. The van der Waals surface area contributed by atoms with Crippen LogP contribution in [0.1, 0.15) is 16.1 Å². The minimum Gasteiger partial charge on any atom is -0.545 e. The largest absolute Gasteiger partial charge is 1.00 e. The quantitative estimate of drug-likeness (QED) is 0.571. The number of hydrogen-bond donors (Lipinski definition) is 0. The van der Waals surface area contributed by atoms with E-state index in [1.54, 1.807) is 6.92 Å². The van der Waals surface area contributed by atoms with Crippen molar-refractivity contribution in [2.24, 2.45) is 0 Å². The number of methoxy groups -OCH3 is 1. The zero-order valence-electron chi connectivity index (χ0n) is 9.22. The molecule has 0 aromatic carbocycles. The van der Waals surface area contributed by atoms with E-state index in [4.69, 9.17) is 4.74 Å². The fourth-order valence-electron chi connectivity index (χ4n) is 1.48. The van der Waals surface area contributed by atoms with Crippen LogP contribution in [0.25, 0.3) is 5.52 Å². The van der Waals surface area contributed by atoms with Crippen LogP contribution >= 0.6 is 0 Å². The number of ether oxygens (including phenoxy) is 1. The molecular weight excluding hydrogens is 284 g/mol. The second-order valence-electron chi connectivity index (χ2n) is 3.00. The van der Waals surface area contributed by atoms with Gasteiger partial charge in [-0.15, -0.1) is 0 Å². The maximum absolute atomic E-state index is 10.8. The molecule has 0 aliphatic heterocycles. The van der Waals surface area contributed by atoms with Gasteiger partial charge >= 0.3 is 58.2 Å². The summed E-state index contributed by atoms with van der Waals surface area (Å²) >= 11 is 0. The summed E-state index contributed by atoms with van der Waals surface area (Å²) < 4.78 is 6.43. The van der Waals surface area contributed by atoms with E-state index in [1.165, 1.54) is 24.1 Å². The predicted molar refractivity (Wildman–Crippen MR) is 48.6 cm³/mol. The van der Waals surface area contributed by atoms with E-state index >= 15 is 0 Å². The molecule has 2 heterocycles. The van der Waals surface area contributed by atoms with Crippen molar-refractivity contribution in [1.82, 2.24) is 14.6 Å². The third kappa shape index (κ3) is 2.20. The fourth-order valence-corrected chi connectivity index (χ4v) is 1.48. The topological polar surface area (TPSA) is 79.5 Å².